The lowest BCUT2D eigenvalue weighted by molar-refractivity contribution is -0.116. The maximum absolute atomic E-state index is 13.3. The van der Waals surface area contributed by atoms with Crippen LogP contribution in [-0.2, 0) is 11.2 Å². The maximum atomic E-state index is 13.3. The van der Waals surface area contributed by atoms with E-state index in [4.69, 9.17) is 0 Å². The van der Waals surface area contributed by atoms with E-state index in [1.807, 2.05) is 6.07 Å². The van der Waals surface area contributed by atoms with E-state index in [-0.39, 0.29) is 11.6 Å². The van der Waals surface area contributed by atoms with Crippen molar-refractivity contribution in [3.8, 4) is 0 Å². The van der Waals surface area contributed by atoms with E-state index in [1.165, 1.54) is 6.92 Å². The number of rotatable bonds is 2. The summed E-state index contributed by atoms with van der Waals surface area (Å²) in [5, 5.41) is 0. The van der Waals surface area contributed by atoms with Crippen LogP contribution in [0.1, 0.15) is 23.6 Å². The number of ketones is 1. The second kappa shape index (κ2) is 3.69. The Morgan fingerprint density at radius 3 is 2.54 bits per heavy atom. The minimum atomic E-state index is -0.196. The summed E-state index contributed by atoms with van der Waals surface area (Å²) < 4.78 is 13.3. The van der Waals surface area contributed by atoms with Crippen molar-refractivity contribution in [2.24, 2.45) is 0 Å². The SMILES string of the molecule is CC(=O)Cc1ccc(C)c(F)c1C. The van der Waals surface area contributed by atoms with E-state index in [2.05, 4.69) is 0 Å². The first-order valence-corrected chi connectivity index (χ1v) is 4.26. The van der Waals surface area contributed by atoms with Gasteiger partial charge in [-0.3, -0.25) is 4.79 Å². The van der Waals surface area contributed by atoms with Gasteiger partial charge in [0.1, 0.15) is 11.6 Å². The minimum absolute atomic E-state index is 0.0614. The molecule has 0 saturated heterocycles. The van der Waals surface area contributed by atoms with E-state index in [0.717, 1.165) is 5.56 Å². The normalized spacial score (nSPS) is 10.2. The molecular formula is C11H13FO. The van der Waals surface area contributed by atoms with E-state index in [0.29, 0.717) is 17.5 Å². The zero-order valence-electron chi connectivity index (χ0n) is 8.15. The lowest BCUT2D eigenvalue weighted by Crippen LogP contribution is -2.01. The van der Waals surface area contributed by atoms with Crippen molar-refractivity contribution in [1.82, 2.24) is 0 Å². The number of halogens is 1. The van der Waals surface area contributed by atoms with Crippen LogP contribution in [0.15, 0.2) is 12.1 Å². The standard InChI is InChI=1S/C11H13FO/c1-7-4-5-10(6-8(2)13)9(3)11(7)12/h4-5H,6H2,1-3H3. The maximum Gasteiger partial charge on any atom is 0.134 e. The van der Waals surface area contributed by atoms with Gasteiger partial charge in [0.25, 0.3) is 0 Å². The summed E-state index contributed by atoms with van der Waals surface area (Å²) in [6.07, 6.45) is 0.322. The molecule has 1 aromatic carbocycles. The van der Waals surface area contributed by atoms with Crippen LogP contribution in [0.25, 0.3) is 0 Å². The Labute approximate surface area is 77.6 Å². The van der Waals surface area contributed by atoms with Crippen molar-refractivity contribution in [2.75, 3.05) is 0 Å². The van der Waals surface area contributed by atoms with Crippen LogP contribution in [0.5, 0.6) is 0 Å². The van der Waals surface area contributed by atoms with Crippen molar-refractivity contribution in [3.63, 3.8) is 0 Å². The fourth-order valence-electron chi connectivity index (χ4n) is 1.32. The van der Waals surface area contributed by atoms with Gasteiger partial charge >= 0.3 is 0 Å². The molecule has 0 aliphatic carbocycles. The fourth-order valence-corrected chi connectivity index (χ4v) is 1.32. The van der Waals surface area contributed by atoms with Gasteiger partial charge in [-0.1, -0.05) is 12.1 Å². The number of hydrogen-bond donors (Lipinski definition) is 0. The Balaban J connectivity index is 3.10. The zero-order chi connectivity index (χ0) is 10.0. The smallest absolute Gasteiger partial charge is 0.134 e. The molecule has 0 heterocycles. The molecule has 0 spiro atoms. The molecule has 1 aromatic rings. The van der Waals surface area contributed by atoms with Crippen molar-refractivity contribution in [2.45, 2.75) is 27.2 Å². The third kappa shape index (κ3) is 2.14. The Kier molecular flexibility index (Phi) is 2.81. The quantitative estimate of drug-likeness (QED) is 0.683. The molecule has 70 valence electrons. The first-order chi connectivity index (χ1) is 6.02. The monoisotopic (exact) mass is 180 g/mol. The van der Waals surface area contributed by atoms with Gasteiger partial charge < -0.3 is 0 Å². The third-order valence-corrected chi connectivity index (χ3v) is 2.13. The number of benzene rings is 1. The van der Waals surface area contributed by atoms with Crippen LogP contribution in [0.4, 0.5) is 4.39 Å². The topological polar surface area (TPSA) is 17.1 Å². The molecule has 0 fully saturated rings. The highest BCUT2D eigenvalue weighted by Crippen LogP contribution is 2.16. The molecule has 0 atom stereocenters. The number of Topliss-reactive ketones (excluding diaryl/α,β-unsaturated/α-hetero) is 1. The van der Waals surface area contributed by atoms with Gasteiger partial charge in [0.05, 0.1) is 0 Å². The van der Waals surface area contributed by atoms with Crippen molar-refractivity contribution in [3.05, 3.63) is 34.6 Å². The average Bonchev–Trinajstić information content (AvgIpc) is 2.06. The number of carbonyl (C=O) groups excluding carboxylic acids is 1. The summed E-state index contributed by atoms with van der Waals surface area (Å²) in [6.45, 7) is 4.94. The predicted octanol–water partition coefficient (Wildman–Crippen LogP) is 2.57. The van der Waals surface area contributed by atoms with E-state index >= 15 is 0 Å². The number of hydrogen-bond acceptors (Lipinski definition) is 1. The van der Waals surface area contributed by atoms with Gasteiger partial charge in [-0.25, -0.2) is 4.39 Å². The minimum Gasteiger partial charge on any atom is -0.300 e. The van der Waals surface area contributed by atoms with Crippen LogP contribution >= 0.6 is 0 Å². The van der Waals surface area contributed by atoms with Crippen LogP contribution in [0.2, 0.25) is 0 Å². The second-order valence-corrected chi connectivity index (χ2v) is 3.36. The molecule has 0 N–H and O–H groups in total. The first kappa shape index (κ1) is 9.90. The molecule has 0 saturated carbocycles. The molecule has 0 aliphatic heterocycles. The Morgan fingerprint density at radius 1 is 1.38 bits per heavy atom. The number of carbonyl (C=O) groups is 1. The largest absolute Gasteiger partial charge is 0.300 e. The lowest BCUT2D eigenvalue weighted by atomic mass is 10.0. The Hall–Kier alpha value is -1.18. The molecular weight excluding hydrogens is 167 g/mol. The molecule has 2 heteroatoms. The molecule has 1 nitrogen and oxygen atoms in total. The van der Waals surface area contributed by atoms with Crippen LogP contribution < -0.4 is 0 Å². The fraction of sp³-hybridized carbons (Fsp3) is 0.364. The van der Waals surface area contributed by atoms with Gasteiger partial charge in [-0.05, 0) is 37.5 Å². The predicted molar refractivity (Wildman–Crippen MR) is 50.3 cm³/mol. The number of aryl methyl sites for hydroxylation is 1. The van der Waals surface area contributed by atoms with E-state index in [9.17, 15) is 9.18 Å². The summed E-state index contributed by atoms with van der Waals surface area (Å²) in [7, 11) is 0. The molecule has 13 heavy (non-hydrogen) atoms. The molecule has 0 aromatic heterocycles. The lowest BCUT2D eigenvalue weighted by Gasteiger charge is -2.06. The van der Waals surface area contributed by atoms with Gasteiger partial charge in [-0.15, -0.1) is 0 Å². The Bertz CT molecular complexity index is 342. The second-order valence-electron chi connectivity index (χ2n) is 3.36. The summed E-state index contributed by atoms with van der Waals surface area (Å²) in [4.78, 5) is 10.8. The highest BCUT2D eigenvalue weighted by atomic mass is 19.1. The third-order valence-electron chi connectivity index (χ3n) is 2.13. The van der Waals surface area contributed by atoms with Crippen LogP contribution in [0.3, 0.4) is 0 Å². The average molecular weight is 180 g/mol. The summed E-state index contributed by atoms with van der Waals surface area (Å²) in [5.41, 5.74) is 2.01. The summed E-state index contributed by atoms with van der Waals surface area (Å²) in [5.74, 6) is -0.134. The highest BCUT2D eigenvalue weighted by molar-refractivity contribution is 5.78. The molecule has 0 aliphatic rings. The first-order valence-electron chi connectivity index (χ1n) is 4.26. The van der Waals surface area contributed by atoms with Gasteiger partial charge in [0.15, 0.2) is 0 Å². The highest BCUT2D eigenvalue weighted by Gasteiger charge is 2.07. The van der Waals surface area contributed by atoms with Crippen molar-refractivity contribution < 1.29 is 9.18 Å². The summed E-state index contributed by atoms with van der Waals surface area (Å²) in [6, 6.07) is 3.52. The van der Waals surface area contributed by atoms with Gasteiger partial charge in [0, 0.05) is 6.42 Å². The zero-order valence-corrected chi connectivity index (χ0v) is 8.15. The van der Waals surface area contributed by atoms with Crippen molar-refractivity contribution >= 4 is 5.78 Å². The molecule has 0 bridgehead atoms. The van der Waals surface area contributed by atoms with Gasteiger partial charge in [-0.2, -0.15) is 0 Å². The van der Waals surface area contributed by atoms with E-state index in [1.54, 1.807) is 19.9 Å². The van der Waals surface area contributed by atoms with Gasteiger partial charge in [0.2, 0.25) is 0 Å². The molecule has 0 amide bonds. The van der Waals surface area contributed by atoms with Crippen LogP contribution in [0, 0.1) is 19.7 Å². The molecule has 0 unspecified atom stereocenters. The van der Waals surface area contributed by atoms with E-state index < -0.39 is 0 Å². The van der Waals surface area contributed by atoms with Crippen molar-refractivity contribution in [1.29, 1.82) is 0 Å². The Morgan fingerprint density at radius 2 is 2.00 bits per heavy atom. The van der Waals surface area contributed by atoms with Crippen LogP contribution in [-0.4, -0.2) is 5.78 Å². The molecule has 1 rings (SSSR count). The summed E-state index contributed by atoms with van der Waals surface area (Å²) >= 11 is 0. The molecule has 0 radical (unpaired) electrons.